The summed E-state index contributed by atoms with van der Waals surface area (Å²) in [7, 11) is 1.68. The lowest BCUT2D eigenvalue weighted by atomic mass is 10.2. The van der Waals surface area contributed by atoms with Crippen molar-refractivity contribution in [1.82, 2.24) is 4.98 Å². The molecule has 21 heavy (non-hydrogen) atoms. The molecule has 4 heteroatoms. The van der Waals surface area contributed by atoms with E-state index >= 15 is 0 Å². The van der Waals surface area contributed by atoms with E-state index in [0.717, 1.165) is 16.5 Å². The highest BCUT2D eigenvalue weighted by molar-refractivity contribution is 8.01. The summed E-state index contributed by atoms with van der Waals surface area (Å²) in [6, 6.07) is 18.4. The lowest BCUT2D eigenvalue weighted by Crippen LogP contribution is -1.81. The van der Waals surface area contributed by atoms with Gasteiger partial charge in [-0.15, -0.1) is 11.3 Å². The Morgan fingerprint density at radius 1 is 1.00 bits per heavy atom. The first-order valence-corrected chi connectivity index (χ1v) is 8.24. The molecule has 0 spiro atoms. The molecule has 3 aromatic rings. The van der Waals surface area contributed by atoms with Crippen LogP contribution in [0.25, 0.3) is 10.6 Å². The van der Waals surface area contributed by atoms with E-state index in [1.807, 2.05) is 30.3 Å². The molecular formula is C17H15NOS2. The molecule has 0 saturated heterocycles. The average molecular weight is 313 g/mol. The number of rotatable bonds is 4. The number of aromatic nitrogens is 1. The van der Waals surface area contributed by atoms with Crippen LogP contribution in [0.15, 0.2) is 63.7 Å². The maximum absolute atomic E-state index is 5.19. The van der Waals surface area contributed by atoms with Crippen molar-refractivity contribution >= 4 is 23.1 Å². The van der Waals surface area contributed by atoms with Crippen molar-refractivity contribution in [3.63, 3.8) is 0 Å². The maximum atomic E-state index is 5.19. The minimum atomic E-state index is 0.880. The molecule has 0 aliphatic heterocycles. The second kappa shape index (κ2) is 6.33. The lowest BCUT2D eigenvalue weighted by molar-refractivity contribution is 0.414. The van der Waals surface area contributed by atoms with Gasteiger partial charge in [0, 0.05) is 10.5 Å². The van der Waals surface area contributed by atoms with Gasteiger partial charge in [0.15, 0.2) is 0 Å². The third-order valence-corrected chi connectivity index (χ3v) is 5.53. The normalized spacial score (nSPS) is 10.6. The Bertz CT molecular complexity index is 720. The molecule has 0 fully saturated rings. The van der Waals surface area contributed by atoms with Crippen molar-refractivity contribution in [3.8, 4) is 16.3 Å². The van der Waals surface area contributed by atoms with Gasteiger partial charge in [0.1, 0.15) is 10.8 Å². The van der Waals surface area contributed by atoms with E-state index in [-0.39, 0.29) is 0 Å². The maximum Gasteiger partial charge on any atom is 0.124 e. The summed E-state index contributed by atoms with van der Waals surface area (Å²) in [6.07, 6.45) is 0. The zero-order chi connectivity index (χ0) is 14.7. The summed E-state index contributed by atoms with van der Waals surface area (Å²) in [6.45, 7) is 2.06. The summed E-state index contributed by atoms with van der Waals surface area (Å²) in [5, 5.41) is 1.07. The van der Waals surface area contributed by atoms with Gasteiger partial charge in [-0.05, 0) is 31.2 Å². The van der Waals surface area contributed by atoms with Crippen molar-refractivity contribution in [2.45, 2.75) is 16.0 Å². The van der Waals surface area contributed by atoms with Crippen molar-refractivity contribution in [2.24, 2.45) is 0 Å². The number of hydrogen-bond acceptors (Lipinski definition) is 4. The first-order chi connectivity index (χ1) is 10.3. The molecule has 0 amide bonds. The van der Waals surface area contributed by atoms with Gasteiger partial charge in [-0.3, -0.25) is 0 Å². The fourth-order valence-electron chi connectivity index (χ4n) is 1.93. The molecule has 0 unspecified atom stereocenters. The van der Waals surface area contributed by atoms with Gasteiger partial charge in [0.2, 0.25) is 0 Å². The molecule has 0 bridgehead atoms. The van der Waals surface area contributed by atoms with Gasteiger partial charge in [-0.1, -0.05) is 42.1 Å². The van der Waals surface area contributed by atoms with Crippen molar-refractivity contribution in [2.75, 3.05) is 7.11 Å². The van der Waals surface area contributed by atoms with Crippen LogP contribution in [-0.2, 0) is 0 Å². The summed E-state index contributed by atoms with van der Waals surface area (Å²) >= 11 is 3.49. The van der Waals surface area contributed by atoms with E-state index in [2.05, 4.69) is 36.2 Å². The molecule has 1 heterocycles. The zero-order valence-electron chi connectivity index (χ0n) is 11.9. The molecule has 2 aromatic carbocycles. The van der Waals surface area contributed by atoms with E-state index in [0.29, 0.717) is 0 Å². The molecule has 106 valence electrons. The standard InChI is InChI=1S/C17H15NOS2/c1-12-17(20-15-10-8-14(19-2)9-11-15)21-16(18-12)13-6-4-3-5-7-13/h3-11H,1-2H3. The van der Waals surface area contributed by atoms with E-state index in [1.54, 1.807) is 30.2 Å². The lowest BCUT2D eigenvalue weighted by Gasteiger charge is -2.02. The minimum absolute atomic E-state index is 0.880. The Morgan fingerprint density at radius 2 is 1.71 bits per heavy atom. The minimum Gasteiger partial charge on any atom is -0.497 e. The summed E-state index contributed by atoms with van der Waals surface area (Å²) in [4.78, 5) is 5.88. The molecular weight excluding hydrogens is 298 g/mol. The molecule has 0 saturated carbocycles. The topological polar surface area (TPSA) is 22.1 Å². The van der Waals surface area contributed by atoms with E-state index < -0.39 is 0 Å². The Morgan fingerprint density at radius 3 is 2.38 bits per heavy atom. The van der Waals surface area contributed by atoms with Crippen molar-refractivity contribution in [1.29, 1.82) is 0 Å². The van der Waals surface area contributed by atoms with Crippen LogP contribution >= 0.6 is 23.1 Å². The third-order valence-electron chi connectivity index (χ3n) is 3.04. The van der Waals surface area contributed by atoms with Crippen molar-refractivity contribution in [3.05, 3.63) is 60.3 Å². The first-order valence-electron chi connectivity index (χ1n) is 6.61. The predicted octanol–water partition coefficient (Wildman–Crippen LogP) is 5.28. The summed E-state index contributed by atoms with van der Waals surface area (Å²) < 4.78 is 6.42. The SMILES string of the molecule is COc1ccc(Sc2sc(-c3ccccc3)nc2C)cc1. The molecule has 0 N–H and O–H groups in total. The highest BCUT2D eigenvalue weighted by Crippen LogP contribution is 2.38. The van der Waals surface area contributed by atoms with E-state index in [4.69, 9.17) is 4.74 Å². The number of hydrogen-bond donors (Lipinski definition) is 0. The fourth-order valence-corrected chi connectivity index (χ4v) is 4.11. The smallest absolute Gasteiger partial charge is 0.124 e. The highest BCUT2D eigenvalue weighted by Gasteiger charge is 2.10. The zero-order valence-corrected chi connectivity index (χ0v) is 13.5. The van der Waals surface area contributed by atoms with Crippen LogP contribution in [0.4, 0.5) is 0 Å². The number of thiazole rings is 1. The second-order valence-corrected chi connectivity index (χ2v) is 6.88. The molecule has 0 aliphatic rings. The van der Waals surface area contributed by atoms with Crippen LogP contribution in [-0.4, -0.2) is 12.1 Å². The van der Waals surface area contributed by atoms with Gasteiger partial charge >= 0.3 is 0 Å². The highest BCUT2D eigenvalue weighted by atomic mass is 32.2. The molecule has 0 atom stereocenters. The molecule has 0 radical (unpaired) electrons. The van der Waals surface area contributed by atoms with E-state index in [9.17, 15) is 0 Å². The predicted molar refractivity (Wildman–Crippen MR) is 89.4 cm³/mol. The number of nitrogens with zero attached hydrogens (tertiary/aromatic N) is 1. The third kappa shape index (κ3) is 3.28. The molecule has 3 rings (SSSR count). The van der Waals surface area contributed by atoms with Crippen LogP contribution in [0.2, 0.25) is 0 Å². The number of benzene rings is 2. The van der Waals surface area contributed by atoms with Crippen LogP contribution < -0.4 is 4.74 Å². The Hall–Kier alpha value is -1.78. The largest absolute Gasteiger partial charge is 0.497 e. The summed E-state index contributed by atoms with van der Waals surface area (Å²) in [5.74, 6) is 0.880. The second-order valence-electron chi connectivity index (χ2n) is 4.54. The number of aryl methyl sites for hydroxylation is 1. The Kier molecular flexibility index (Phi) is 4.27. The van der Waals surface area contributed by atoms with Gasteiger partial charge in [-0.2, -0.15) is 0 Å². The Balaban J connectivity index is 1.84. The van der Waals surface area contributed by atoms with E-state index in [1.165, 1.54) is 14.7 Å². The molecule has 0 aliphatic carbocycles. The summed E-state index contributed by atoms with van der Waals surface area (Å²) in [5.41, 5.74) is 2.26. The van der Waals surface area contributed by atoms with Gasteiger partial charge in [-0.25, -0.2) is 4.98 Å². The van der Waals surface area contributed by atoms with Crippen LogP contribution in [0.1, 0.15) is 5.69 Å². The monoisotopic (exact) mass is 313 g/mol. The Labute approximate surface area is 132 Å². The average Bonchev–Trinajstić information content (AvgIpc) is 2.90. The molecule has 1 aromatic heterocycles. The first kappa shape index (κ1) is 14.2. The van der Waals surface area contributed by atoms with Gasteiger partial charge in [0.25, 0.3) is 0 Å². The van der Waals surface area contributed by atoms with Crippen LogP contribution in [0.5, 0.6) is 5.75 Å². The van der Waals surface area contributed by atoms with Crippen LogP contribution in [0.3, 0.4) is 0 Å². The number of ether oxygens (including phenoxy) is 1. The fraction of sp³-hybridized carbons (Fsp3) is 0.118. The van der Waals surface area contributed by atoms with Gasteiger partial charge < -0.3 is 4.74 Å². The van der Waals surface area contributed by atoms with Crippen LogP contribution in [0, 0.1) is 6.92 Å². The quantitative estimate of drug-likeness (QED) is 0.654. The van der Waals surface area contributed by atoms with Gasteiger partial charge in [0.05, 0.1) is 17.0 Å². The number of methoxy groups -OCH3 is 1. The molecule has 2 nitrogen and oxygen atoms in total. The van der Waals surface area contributed by atoms with Crippen molar-refractivity contribution < 1.29 is 4.74 Å².